The van der Waals surface area contributed by atoms with Crippen molar-refractivity contribution in [2.75, 3.05) is 13.1 Å². The van der Waals surface area contributed by atoms with Crippen LogP contribution in [0, 0.1) is 0 Å². The van der Waals surface area contributed by atoms with E-state index in [1.165, 1.54) is 5.56 Å². The van der Waals surface area contributed by atoms with Gasteiger partial charge in [0.05, 0.1) is 11.7 Å². The topological polar surface area (TPSA) is 80.7 Å². The van der Waals surface area contributed by atoms with Crippen LogP contribution in [0.15, 0.2) is 83.8 Å². The highest BCUT2D eigenvalue weighted by Gasteiger charge is 2.29. The number of hydrogen-bond donors (Lipinski definition) is 1. The van der Waals surface area contributed by atoms with Gasteiger partial charge in [0.1, 0.15) is 5.65 Å². The monoisotopic (exact) mass is 510 g/mol. The molecule has 2 aromatic heterocycles. The van der Waals surface area contributed by atoms with Crippen molar-refractivity contribution < 1.29 is 4.79 Å². The molecule has 38 heavy (non-hydrogen) atoms. The van der Waals surface area contributed by atoms with Crippen molar-refractivity contribution in [3.8, 4) is 0 Å². The number of rotatable bonds is 9. The van der Waals surface area contributed by atoms with Crippen molar-refractivity contribution in [1.82, 2.24) is 14.3 Å². The van der Waals surface area contributed by atoms with Crippen LogP contribution in [0.1, 0.15) is 79.3 Å². The van der Waals surface area contributed by atoms with Crippen molar-refractivity contribution in [1.29, 1.82) is 0 Å². The van der Waals surface area contributed by atoms with Crippen LogP contribution in [0.5, 0.6) is 0 Å². The van der Waals surface area contributed by atoms with Gasteiger partial charge in [-0.1, -0.05) is 76.2 Å². The molecule has 0 aliphatic carbocycles. The maximum absolute atomic E-state index is 14.0. The molecule has 2 aromatic carbocycles. The molecule has 0 fully saturated rings. The van der Waals surface area contributed by atoms with Gasteiger partial charge in [0.15, 0.2) is 0 Å². The number of amides is 1. The molecule has 6 nitrogen and oxygen atoms in total. The Labute approximate surface area is 225 Å². The van der Waals surface area contributed by atoms with Gasteiger partial charge in [-0.3, -0.25) is 14.0 Å². The molecule has 1 unspecified atom stereocenters. The average molecular weight is 511 g/mol. The van der Waals surface area contributed by atoms with E-state index in [1.54, 1.807) is 10.6 Å². The van der Waals surface area contributed by atoms with Gasteiger partial charge in [-0.25, -0.2) is 4.98 Å². The number of fused-ring (bicyclic) bond motifs is 1. The van der Waals surface area contributed by atoms with Gasteiger partial charge in [-0.2, -0.15) is 0 Å². The summed E-state index contributed by atoms with van der Waals surface area (Å²) in [6, 6.07) is 22.9. The van der Waals surface area contributed by atoms with Crippen molar-refractivity contribution >= 4 is 11.6 Å². The van der Waals surface area contributed by atoms with Gasteiger partial charge >= 0.3 is 0 Å². The first-order valence-electron chi connectivity index (χ1n) is 13.4. The molecule has 1 atom stereocenters. The zero-order valence-corrected chi connectivity index (χ0v) is 22.9. The highest BCUT2D eigenvalue weighted by atomic mass is 16.2. The molecule has 0 spiro atoms. The van der Waals surface area contributed by atoms with E-state index in [0.29, 0.717) is 54.8 Å². The van der Waals surface area contributed by atoms with E-state index in [9.17, 15) is 9.59 Å². The fourth-order valence-electron chi connectivity index (χ4n) is 4.89. The summed E-state index contributed by atoms with van der Waals surface area (Å²) in [6.07, 6.45) is 3.46. The van der Waals surface area contributed by atoms with E-state index in [4.69, 9.17) is 10.7 Å². The summed E-state index contributed by atoms with van der Waals surface area (Å²) in [5.41, 5.74) is 10.4. The molecule has 0 saturated carbocycles. The maximum Gasteiger partial charge on any atom is 0.261 e. The highest BCUT2D eigenvalue weighted by molar-refractivity contribution is 5.94. The van der Waals surface area contributed by atoms with Crippen LogP contribution in [-0.2, 0) is 11.8 Å². The zero-order chi connectivity index (χ0) is 27.3. The summed E-state index contributed by atoms with van der Waals surface area (Å²) in [7, 11) is 0. The molecule has 0 bridgehead atoms. The van der Waals surface area contributed by atoms with Gasteiger partial charge in [0.25, 0.3) is 11.5 Å². The van der Waals surface area contributed by atoms with Crippen LogP contribution in [0.3, 0.4) is 0 Å². The van der Waals surface area contributed by atoms with Crippen molar-refractivity contribution in [3.63, 3.8) is 0 Å². The van der Waals surface area contributed by atoms with E-state index in [2.05, 4.69) is 20.8 Å². The molecule has 4 aromatic rings. The first kappa shape index (κ1) is 27.3. The minimum atomic E-state index is -0.368. The minimum absolute atomic E-state index is 0.00365. The Hall–Kier alpha value is -3.77. The number of pyridine rings is 1. The molecule has 6 heteroatoms. The molecule has 4 rings (SSSR count). The van der Waals surface area contributed by atoms with Gasteiger partial charge < -0.3 is 10.6 Å². The number of nitrogens with two attached hydrogens (primary N) is 1. The Kier molecular flexibility index (Phi) is 8.42. The number of aromatic nitrogens is 2. The summed E-state index contributed by atoms with van der Waals surface area (Å²) >= 11 is 0. The predicted molar refractivity (Wildman–Crippen MR) is 154 cm³/mol. The second kappa shape index (κ2) is 11.7. The number of carbonyl (C=O) groups excluding carboxylic acids is 1. The molecule has 1 amide bonds. The Morgan fingerprint density at radius 2 is 1.68 bits per heavy atom. The number of benzene rings is 2. The largest absolute Gasteiger partial charge is 0.330 e. The van der Waals surface area contributed by atoms with Crippen molar-refractivity contribution in [2.45, 2.75) is 58.4 Å². The summed E-state index contributed by atoms with van der Waals surface area (Å²) in [5, 5.41) is 0. The van der Waals surface area contributed by atoms with Crippen LogP contribution in [-0.4, -0.2) is 33.3 Å². The van der Waals surface area contributed by atoms with Crippen molar-refractivity contribution in [3.05, 3.63) is 117 Å². The van der Waals surface area contributed by atoms with Gasteiger partial charge in [-0.15, -0.1) is 0 Å². The number of nitrogens with zero attached hydrogens (tertiary/aromatic N) is 3. The lowest BCUT2D eigenvalue weighted by atomic mass is 9.86. The Balaban J connectivity index is 1.83. The molecular formula is C32H38N4O2. The quantitative estimate of drug-likeness (QED) is 0.321. The van der Waals surface area contributed by atoms with E-state index in [-0.39, 0.29) is 22.9 Å². The Morgan fingerprint density at radius 3 is 2.32 bits per heavy atom. The molecule has 198 valence electrons. The normalized spacial score (nSPS) is 12.4. The Morgan fingerprint density at radius 1 is 1.00 bits per heavy atom. The summed E-state index contributed by atoms with van der Waals surface area (Å²) in [4.78, 5) is 34.6. The van der Waals surface area contributed by atoms with Crippen LogP contribution in [0.25, 0.3) is 5.65 Å². The maximum atomic E-state index is 14.0. The summed E-state index contributed by atoms with van der Waals surface area (Å²) in [5.74, 6) is -0.0773. The smallest absolute Gasteiger partial charge is 0.261 e. The highest BCUT2D eigenvalue weighted by Crippen LogP contribution is 2.29. The first-order chi connectivity index (χ1) is 18.2. The lowest BCUT2D eigenvalue weighted by Crippen LogP contribution is -2.38. The third kappa shape index (κ3) is 5.86. The molecule has 2 N–H and O–H groups in total. The van der Waals surface area contributed by atoms with Crippen LogP contribution < -0.4 is 11.3 Å². The summed E-state index contributed by atoms with van der Waals surface area (Å²) < 4.78 is 1.59. The third-order valence-electron chi connectivity index (χ3n) is 7.02. The lowest BCUT2D eigenvalue weighted by Gasteiger charge is -2.32. The fourth-order valence-corrected chi connectivity index (χ4v) is 4.89. The second-order valence-electron chi connectivity index (χ2n) is 10.8. The van der Waals surface area contributed by atoms with E-state index in [0.717, 1.165) is 5.56 Å². The minimum Gasteiger partial charge on any atom is -0.330 e. The van der Waals surface area contributed by atoms with Gasteiger partial charge in [-0.05, 0) is 60.2 Å². The van der Waals surface area contributed by atoms with Gasteiger partial charge in [0.2, 0.25) is 0 Å². The number of carbonyl (C=O) groups is 1. The molecule has 0 radical (unpaired) electrons. The van der Waals surface area contributed by atoms with Crippen LogP contribution in [0.4, 0.5) is 0 Å². The molecule has 0 aliphatic heterocycles. The standard InChI is InChI=1S/C32H38N4O2/c1-5-27(35(21-11-19-33)30(37)24-15-17-25(18-16-24)32(2,3)4)29-26(22-23-12-7-6-8-13-23)31(38)36-20-10-9-14-28(36)34-29/h6-10,12-18,20,27H,5,11,19,21-22,33H2,1-4H3. The molecule has 0 aliphatic rings. The Bertz CT molecular complexity index is 1440. The van der Waals surface area contributed by atoms with E-state index in [1.807, 2.05) is 84.6 Å². The lowest BCUT2D eigenvalue weighted by molar-refractivity contribution is 0.0664. The zero-order valence-electron chi connectivity index (χ0n) is 22.9. The third-order valence-corrected chi connectivity index (χ3v) is 7.02. The van der Waals surface area contributed by atoms with Crippen LogP contribution >= 0.6 is 0 Å². The molecule has 0 saturated heterocycles. The first-order valence-corrected chi connectivity index (χ1v) is 13.4. The van der Waals surface area contributed by atoms with Crippen molar-refractivity contribution in [2.24, 2.45) is 5.73 Å². The second-order valence-corrected chi connectivity index (χ2v) is 10.8. The predicted octanol–water partition coefficient (Wildman–Crippen LogP) is 5.53. The molecular weight excluding hydrogens is 472 g/mol. The van der Waals surface area contributed by atoms with E-state index >= 15 is 0 Å². The van der Waals surface area contributed by atoms with Crippen LogP contribution in [0.2, 0.25) is 0 Å². The molecule has 2 heterocycles. The average Bonchev–Trinajstić information content (AvgIpc) is 2.92. The van der Waals surface area contributed by atoms with E-state index < -0.39 is 0 Å². The summed E-state index contributed by atoms with van der Waals surface area (Å²) in [6.45, 7) is 9.45. The number of hydrogen-bond acceptors (Lipinski definition) is 4. The SMILES string of the molecule is CCC(c1nc2ccccn2c(=O)c1Cc1ccccc1)N(CCCN)C(=O)c1ccc(C(C)(C)C)cc1. The van der Waals surface area contributed by atoms with Gasteiger partial charge in [0, 0.05) is 30.3 Å². The fraction of sp³-hybridized carbons (Fsp3) is 0.344.